The van der Waals surface area contributed by atoms with Gasteiger partial charge in [-0.25, -0.2) is 0 Å². The minimum atomic E-state index is -4.44. The first-order valence-electron chi connectivity index (χ1n) is 3.92. The first-order chi connectivity index (χ1) is 6.54. The van der Waals surface area contributed by atoms with Gasteiger partial charge in [0.2, 0.25) is 5.76 Å². The summed E-state index contributed by atoms with van der Waals surface area (Å²) in [5.74, 6) is -0.997. The molecule has 0 atom stereocenters. The van der Waals surface area contributed by atoms with E-state index in [4.69, 9.17) is 0 Å². The van der Waals surface area contributed by atoms with E-state index in [1.807, 2.05) is 0 Å². The van der Waals surface area contributed by atoms with Crippen LogP contribution in [0.1, 0.15) is 5.56 Å². The Balaban J connectivity index is 2.96. The van der Waals surface area contributed by atoms with Gasteiger partial charge in [0.15, 0.2) is 0 Å². The minimum absolute atomic E-state index is 0.460. The van der Waals surface area contributed by atoms with Crippen molar-refractivity contribution in [3.63, 3.8) is 0 Å². The van der Waals surface area contributed by atoms with Crippen LogP contribution in [0.5, 0.6) is 0 Å². The van der Waals surface area contributed by atoms with Crippen molar-refractivity contribution in [1.29, 1.82) is 0 Å². The van der Waals surface area contributed by atoms with Gasteiger partial charge in [0.05, 0.1) is 7.11 Å². The van der Waals surface area contributed by atoms with E-state index in [-0.39, 0.29) is 0 Å². The Morgan fingerprint density at radius 3 is 2.21 bits per heavy atom. The molecule has 0 unspecified atom stereocenters. The monoisotopic (exact) mass is 202 g/mol. The SMILES string of the molecule is CO/C(=C/c1ccccc1)C(F)(F)F. The average Bonchev–Trinajstić information content (AvgIpc) is 2.14. The molecule has 0 aliphatic carbocycles. The lowest BCUT2D eigenvalue weighted by Crippen LogP contribution is -2.13. The molecular formula is C10H9F3O. The third-order valence-electron chi connectivity index (χ3n) is 1.60. The largest absolute Gasteiger partial charge is 0.492 e. The second-order valence-electron chi connectivity index (χ2n) is 2.62. The maximum Gasteiger partial charge on any atom is 0.448 e. The second kappa shape index (κ2) is 4.17. The van der Waals surface area contributed by atoms with Crippen LogP contribution in [-0.2, 0) is 4.74 Å². The lowest BCUT2D eigenvalue weighted by Gasteiger charge is -2.09. The molecule has 14 heavy (non-hydrogen) atoms. The molecule has 0 amide bonds. The summed E-state index contributed by atoms with van der Waals surface area (Å²) in [6.45, 7) is 0. The van der Waals surface area contributed by atoms with Crippen LogP contribution in [0.25, 0.3) is 6.08 Å². The van der Waals surface area contributed by atoms with Crippen molar-refractivity contribution in [2.24, 2.45) is 0 Å². The van der Waals surface area contributed by atoms with Crippen LogP contribution >= 0.6 is 0 Å². The number of hydrogen-bond acceptors (Lipinski definition) is 1. The van der Waals surface area contributed by atoms with E-state index in [2.05, 4.69) is 4.74 Å². The zero-order chi connectivity index (χ0) is 10.6. The molecular weight excluding hydrogens is 193 g/mol. The summed E-state index contributed by atoms with van der Waals surface area (Å²) in [6.07, 6.45) is -3.48. The maximum absolute atomic E-state index is 12.2. The van der Waals surface area contributed by atoms with Crippen molar-refractivity contribution in [3.05, 3.63) is 41.7 Å². The van der Waals surface area contributed by atoms with Crippen LogP contribution in [-0.4, -0.2) is 13.3 Å². The highest BCUT2D eigenvalue weighted by molar-refractivity contribution is 5.51. The van der Waals surface area contributed by atoms with Crippen LogP contribution < -0.4 is 0 Å². The molecule has 0 saturated carbocycles. The molecule has 0 N–H and O–H groups in total. The third kappa shape index (κ3) is 2.80. The molecule has 0 aromatic heterocycles. The molecule has 4 heteroatoms. The zero-order valence-corrected chi connectivity index (χ0v) is 7.51. The van der Waals surface area contributed by atoms with Gasteiger partial charge in [-0.2, -0.15) is 13.2 Å². The minimum Gasteiger partial charge on any atom is -0.492 e. The van der Waals surface area contributed by atoms with Crippen LogP contribution in [0.3, 0.4) is 0 Å². The summed E-state index contributed by atoms with van der Waals surface area (Å²) >= 11 is 0. The number of benzene rings is 1. The topological polar surface area (TPSA) is 9.23 Å². The molecule has 76 valence electrons. The van der Waals surface area contributed by atoms with Gasteiger partial charge in [0.1, 0.15) is 0 Å². The summed E-state index contributed by atoms with van der Waals surface area (Å²) in [6, 6.07) is 8.21. The van der Waals surface area contributed by atoms with Gasteiger partial charge in [-0.3, -0.25) is 0 Å². The van der Waals surface area contributed by atoms with Gasteiger partial charge in [0.25, 0.3) is 0 Å². The molecule has 0 aliphatic heterocycles. The predicted octanol–water partition coefficient (Wildman–Crippen LogP) is 3.24. The van der Waals surface area contributed by atoms with Crippen molar-refractivity contribution in [2.45, 2.75) is 6.18 Å². The van der Waals surface area contributed by atoms with Crippen LogP contribution in [0.15, 0.2) is 36.1 Å². The van der Waals surface area contributed by atoms with E-state index in [1.165, 1.54) is 0 Å². The summed E-state index contributed by atoms with van der Waals surface area (Å²) < 4.78 is 40.9. The standard InChI is InChI=1S/C10H9F3O/c1-14-9(10(11,12)13)7-8-5-3-2-4-6-8/h2-7H,1H3/b9-7+. The molecule has 0 radical (unpaired) electrons. The van der Waals surface area contributed by atoms with Crippen molar-refractivity contribution in [1.82, 2.24) is 0 Å². The van der Waals surface area contributed by atoms with Gasteiger partial charge >= 0.3 is 6.18 Å². The molecule has 0 saturated heterocycles. The highest BCUT2D eigenvalue weighted by atomic mass is 19.4. The van der Waals surface area contributed by atoms with Crippen molar-refractivity contribution in [2.75, 3.05) is 7.11 Å². The Hall–Kier alpha value is -1.45. The maximum atomic E-state index is 12.2. The van der Waals surface area contributed by atoms with Gasteiger partial charge in [-0.1, -0.05) is 30.3 Å². The second-order valence-corrected chi connectivity index (χ2v) is 2.62. The van der Waals surface area contributed by atoms with Crippen molar-refractivity contribution >= 4 is 6.08 Å². The number of rotatable bonds is 2. The molecule has 0 bridgehead atoms. The van der Waals surface area contributed by atoms with E-state index in [0.717, 1.165) is 13.2 Å². The first kappa shape index (κ1) is 10.6. The van der Waals surface area contributed by atoms with E-state index in [1.54, 1.807) is 30.3 Å². The van der Waals surface area contributed by atoms with Gasteiger partial charge < -0.3 is 4.74 Å². The fourth-order valence-corrected chi connectivity index (χ4v) is 0.957. The molecule has 0 aliphatic rings. The van der Waals surface area contributed by atoms with E-state index in [9.17, 15) is 13.2 Å². The Kier molecular flexibility index (Phi) is 3.17. The highest BCUT2D eigenvalue weighted by Gasteiger charge is 2.35. The summed E-state index contributed by atoms with van der Waals surface area (Å²) in [7, 11) is 1.00. The Morgan fingerprint density at radius 2 is 1.79 bits per heavy atom. The van der Waals surface area contributed by atoms with E-state index < -0.39 is 11.9 Å². The molecule has 1 rings (SSSR count). The lowest BCUT2D eigenvalue weighted by molar-refractivity contribution is -0.124. The van der Waals surface area contributed by atoms with Crippen LogP contribution in [0, 0.1) is 0 Å². The number of ether oxygens (including phenoxy) is 1. The molecule has 1 aromatic carbocycles. The highest BCUT2D eigenvalue weighted by Crippen LogP contribution is 2.27. The zero-order valence-electron chi connectivity index (χ0n) is 7.51. The smallest absolute Gasteiger partial charge is 0.448 e. The predicted molar refractivity (Wildman–Crippen MR) is 47.5 cm³/mol. The average molecular weight is 202 g/mol. The molecule has 1 aromatic rings. The van der Waals surface area contributed by atoms with Crippen LogP contribution in [0.2, 0.25) is 0 Å². The Morgan fingerprint density at radius 1 is 1.21 bits per heavy atom. The number of alkyl halides is 3. The van der Waals surface area contributed by atoms with Gasteiger partial charge in [-0.15, -0.1) is 0 Å². The normalized spacial score (nSPS) is 12.7. The lowest BCUT2D eigenvalue weighted by atomic mass is 10.2. The number of halogens is 3. The summed E-state index contributed by atoms with van der Waals surface area (Å²) in [5.41, 5.74) is 0.460. The van der Waals surface area contributed by atoms with Crippen LogP contribution in [0.4, 0.5) is 13.2 Å². The molecule has 0 spiro atoms. The Bertz CT molecular complexity index is 314. The summed E-state index contributed by atoms with van der Waals surface area (Å²) in [5, 5.41) is 0. The first-order valence-corrected chi connectivity index (χ1v) is 3.92. The summed E-state index contributed by atoms with van der Waals surface area (Å²) in [4.78, 5) is 0. The van der Waals surface area contributed by atoms with Gasteiger partial charge in [0, 0.05) is 0 Å². The quantitative estimate of drug-likeness (QED) is 0.669. The number of methoxy groups -OCH3 is 1. The van der Waals surface area contributed by atoms with E-state index in [0.29, 0.717) is 5.56 Å². The van der Waals surface area contributed by atoms with Gasteiger partial charge in [-0.05, 0) is 11.6 Å². The van der Waals surface area contributed by atoms with E-state index >= 15 is 0 Å². The van der Waals surface area contributed by atoms with Crippen molar-refractivity contribution < 1.29 is 17.9 Å². The fourth-order valence-electron chi connectivity index (χ4n) is 0.957. The molecule has 1 nitrogen and oxygen atoms in total. The third-order valence-corrected chi connectivity index (χ3v) is 1.60. The molecule has 0 fully saturated rings. The molecule has 0 heterocycles. The number of hydrogen-bond donors (Lipinski definition) is 0. The van der Waals surface area contributed by atoms with Crippen molar-refractivity contribution in [3.8, 4) is 0 Å². The fraction of sp³-hybridized carbons (Fsp3) is 0.200. The number of allylic oxidation sites excluding steroid dienone is 1. The Labute approximate surface area is 79.8 Å².